The van der Waals surface area contributed by atoms with Crippen molar-refractivity contribution in [3.8, 4) is 0 Å². The highest BCUT2D eigenvalue weighted by molar-refractivity contribution is 5.93. The van der Waals surface area contributed by atoms with Crippen LogP contribution in [0.25, 0.3) is 0 Å². The van der Waals surface area contributed by atoms with Gasteiger partial charge in [0.2, 0.25) is 5.95 Å². The van der Waals surface area contributed by atoms with Gasteiger partial charge >= 0.3 is 5.97 Å². The van der Waals surface area contributed by atoms with Gasteiger partial charge in [-0.25, -0.2) is 19.2 Å². The average Bonchev–Trinajstić information content (AvgIpc) is 2.73. The predicted octanol–water partition coefficient (Wildman–Crippen LogP) is 3.08. The molecular formula is C20H17FN4O3. The van der Waals surface area contributed by atoms with Crippen molar-refractivity contribution in [2.75, 3.05) is 12.4 Å². The zero-order valence-corrected chi connectivity index (χ0v) is 15.0. The van der Waals surface area contributed by atoms with E-state index in [4.69, 9.17) is 0 Å². The number of ether oxygens (including phenoxy) is 1. The van der Waals surface area contributed by atoms with Gasteiger partial charge in [-0.2, -0.15) is 0 Å². The molecule has 0 spiro atoms. The molecule has 1 heterocycles. The second kappa shape index (κ2) is 8.72. The molecule has 0 saturated carbocycles. The summed E-state index contributed by atoms with van der Waals surface area (Å²) in [6.07, 6.45) is 2.74. The Bertz CT molecular complexity index is 976. The molecule has 0 radical (unpaired) electrons. The highest BCUT2D eigenvalue weighted by atomic mass is 19.1. The molecule has 0 unspecified atom stereocenters. The number of halogens is 1. The van der Waals surface area contributed by atoms with Gasteiger partial charge in [-0.15, -0.1) is 0 Å². The summed E-state index contributed by atoms with van der Waals surface area (Å²) >= 11 is 0. The first-order valence-corrected chi connectivity index (χ1v) is 8.36. The third-order valence-electron chi connectivity index (χ3n) is 3.87. The van der Waals surface area contributed by atoms with Crippen molar-refractivity contribution < 1.29 is 18.7 Å². The second-order valence-corrected chi connectivity index (χ2v) is 5.76. The maximum Gasteiger partial charge on any atom is 0.337 e. The van der Waals surface area contributed by atoms with E-state index in [9.17, 15) is 14.0 Å². The third-order valence-corrected chi connectivity index (χ3v) is 3.87. The molecule has 3 rings (SSSR count). The fourth-order valence-electron chi connectivity index (χ4n) is 2.37. The van der Waals surface area contributed by atoms with E-state index in [2.05, 4.69) is 25.3 Å². The van der Waals surface area contributed by atoms with E-state index in [0.717, 1.165) is 0 Å². The van der Waals surface area contributed by atoms with Crippen LogP contribution in [0.15, 0.2) is 60.9 Å². The van der Waals surface area contributed by atoms with E-state index in [0.29, 0.717) is 16.8 Å². The molecule has 2 aromatic carbocycles. The number of hydrogen-bond donors (Lipinski definition) is 2. The SMILES string of the molecule is COC(=O)c1ccc(Nc2ncc(C(=O)NCc3ccccc3F)cn2)cc1. The van der Waals surface area contributed by atoms with Crippen LogP contribution in [0.2, 0.25) is 0 Å². The molecule has 0 fully saturated rings. The first-order valence-electron chi connectivity index (χ1n) is 8.36. The zero-order valence-electron chi connectivity index (χ0n) is 15.0. The fourth-order valence-corrected chi connectivity index (χ4v) is 2.37. The Balaban J connectivity index is 1.59. The van der Waals surface area contributed by atoms with Crippen molar-refractivity contribution in [2.45, 2.75) is 6.54 Å². The third kappa shape index (κ3) is 4.67. The Hall–Kier alpha value is -3.81. The molecule has 1 aromatic heterocycles. The number of anilines is 2. The van der Waals surface area contributed by atoms with Gasteiger partial charge in [0.25, 0.3) is 5.91 Å². The molecule has 0 saturated heterocycles. The molecule has 1 amide bonds. The lowest BCUT2D eigenvalue weighted by atomic mass is 10.2. The van der Waals surface area contributed by atoms with E-state index >= 15 is 0 Å². The Morgan fingerprint density at radius 2 is 1.68 bits per heavy atom. The summed E-state index contributed by atoms with van der Waals surface area (Å²) in [5, 5.41) is 5.59. The number of aromatic nitrogens is 2. The quantitative estimate of drug-likeness (QED) is 0.639. The number of nitrogens with one attached hydrogen (secondary N) is 2. The van der Waals surface area contributed by atoms with Crippen molar-refractivity contribution in [2.24, 2.45) is 0 Å². The van der Waals surface area contributed by atoms with Gasteiger partial charge in [-0.3, -0.25) is 4.79 Å². The average molecular weight is 380 g/mol. The van der Waals surface area contributed by atoms with Gasteiger partial charge in [-0.05, 0) is 30.3 Å². The fraction of sp³-hybridized carbons (Fsp3) is 0.100. The zero-order chi connectivity index (χ0) is 19.9. The lowest BCUT2D eigenvalue weighted by molar-refractivity contribution is 0.0600. The van der Waals surface area contributed by atoms with Crippen molar-refractivity contribution >= 4 is 23.5 Å². The molecule has 142 valence electrons. The molecule has 0 aliphatic rings. The van der Waals surface area contributed by atoms with Crippen molar-refractivity contribution in [3.05, 3.63) is 83.4 Å². The largest absolute Gasteiger partial charge is 0.465 e. The summed E-state index contributed by atoms with van der Waals surface area (Å²) in [4.78, 5) is 31.8. The molecule has 0 aliphatic heterocycles. The molecule has 0 aliphatic carbocycles. The first-order chi connectivity index (χ1) is 13.6. The number of benzene rings is 2. The van der Waals surface area contributed by atoms with Crippen LogP contribution in [0.4, 0.5) is 16.0 Å². The molecule has 28 heavy (non-hydrogen) atoms. The van der Waals surface area contributed by atoms with Crippen LogP contribution in [-0.4, -0.2) is 29.0 Å². The van der Waals surface area contributed by atoms with Crippen molar-refractivity contribution in [3.63, 3.8) is 0 Å². The highest BCUT2D eigenvalue weighted by Crippen LogP contribution is 2.14. The van der Waals surface area contributed by atoms with Gasteiger partial charge in [0, 0.05) is 30.2 Å². The number of esters is 1. The summed E-state index contributed by atoms with van der Waals surface area (Å²) in [5.41, 5.74) is 1.74. The Labute approximate surface area is 160 Å². The molecule has 0 atom stereocenters. The molecular weight excluding hydrogens is 363 g/mol. The standard InChI is InChI=1S/C20H17FN4O3/c1-28-19(27)13-6-8-16(9-7-13)25-20-23-11-15(12-24-20)18(26)22-10-14-4-2-3-5-17(14)21/h2-9,11-12H,10H2,1H3,(H,22,26)(H,23,24,25). The van der Waals surface area contributed by atoms with E-state index < -0.39 is 11.9 Å². The number of amides is 1. The van der Waals surface area contributed by atoms with E-state index in [1.807, 2.05) is 0 Å². The Morgan fingerprint density at radius 3 is 2.32 bits per heavy atom. The number of carbonyl (C=O) groups is 2. The summed E-state index contributed by atoms with van der Waals surface area (Å²) in [5.74, 6) is -0.918. The van der Waals surface area contributed by atoms with Crippen LogP contribution in [0.1, 0.15) is 26.3 Å². The van der Waals surface area contributed by atoms with E-state index in [1.165, 1.54) is 25.6 Å². The molecule has 3 aromatic rings. The molecule has 0 bridgehead atoms. The van der Waals surface area contributed by atoms with Gasteiger partial charge in [-0.1, -0.05) is 18.2 Å². The van der Waals surface area contributed by atoms with E-state index in [-0.39, 0.29) is 23.9 Å². The number of methoxy groups -OCH3 is 1. The van der Waals surface area contributed by atoms with E-state index in [1.54, 1.807) is 42.5 Å². The van der Waals surface area contributed by atoms with Crippen LogP contribution >= 0.6 is 0 Å². The van der Waals surface area contributed by atoms with Gasteiger partial charge in [0.15, 0.2) is 0 Å². The Morgan fingerprint density at radius 1 is 1.00 bits per heavy atom. The number of carbonyl (C=O) groups excluding carboxylic acids is 2. The number of rotatable bonds is 6. The summed E-state index contributed by atoms with van der Waals surface area (Å²) in [6, 6.07) is 12.8. The monoisotopic (exact) mass is 380 g/mol. The summed E-state index contributed by atoms with van der Waals surface area (Å²) in [7, 11) is 1.32. The second-order valence-electron chi connectivity index (χ2n) is 5.76. The van der Waals surface area contributed by atoms with Gasteiger partial charge in [0.1, 0.15) is 5.82 Å². The number of hydrogen-bond acceptors (Lipinski definition) is 6. The maximum atomic E-state index is 13.6. The highest BCUT2D eigenvalue weighted by Gasteiger charge is 2.09. The lowest BCUT2D eigenvalue weighted by Gasteiger charge is -2.08. The van der Waals surface area contributed by atoms with Gasteiger partial charge < -0.3 is 15.4 Å². The normalized spacial score (nSPS) is 10.2. The van der Waals surface area contributed by atoms with Crippen molar-refractivity contribution in [1.82, 2.24) is 15.3 Å². The lowest BCUT2D eigenvalue weighted by Crippen LogP contribution is -2.23. The maximum absolute atomic E-state index is 13.6. The minimum atomic E-state index is -0.423. The van der Waals surface area contributed by atoms with Crippen LogP contribution in [0.3, 0.4) is 0 Å². The summed E-state index contributed by atoms with van der Waals surface area (Å²) in [6.45, 7) is 0.0675. The van der Waals surface area contributed by atoms with Gasteiger partial charge in [0.05, 0.1) is 18.2 Å². The van der Waals surface area contributed by atoms with Crippen LogP contribution in [0, 0.1) is 5.82 Å². The van der Waals surface area contributed by atoms with Crippen LogP contribution in [0.5, 0.6) is 0 Å². The molecule has 8 heteroatoms. The topological polar surface area (TPSA) is 93.2 Å². The first kappa shape index (κ1) is 19.0. The Kier molecular flexibility index (Phi) is 5.91. The molecule has 2 N–H and O–H groups in total. The molecule has 7 nitrogen and oxygen atoms in total. The predicted molar refractivity (Wildman–Crippen MR) is 101 cm³/mol. The minimum Gasteiger partial charge on any atom is -0.465 e. The van der Waals surface area contributed by atoms with Crippen LogP contribution < -0.4 is 10.6 Å². The van der Waals surface area contributed by atoms with Crippen LogP contribution in [-0.2, 0) is 11.3 Å². The summed E-state index contributed by atoms with van der Waals surface area (Å²) < 4.78 is 18.2. The minimum absolute atomic E-state index is 0.0675. The smallest absolute Gasteiger partial charge is 0.337 e. The van der Waals surface area contributed by atoms with Crippen molar-refractivity contribution in [1.29, 1.82) is 0 Å². The number of nitrogens with zero attached hydrogens (tertiary/aromatic N) is 2.